The number of nitrogens with two attached hydrogens (primary N) is 1. The zero-order valence-corrected chi connectivity index (χ0v) is 13.0. The van der Waals surface area contributed by atoms with Crippen molar-refractivity contribution in [3.8, 4) is 0 Å². The van der Waals surface area contributed by atoms with E-state index in [9.17, 15) is 13.2 Å². The van der Waals surface area contributed by atoms with Gasteiger partial charge in [-0.15, -0.1) is 0 Å². The lowest BCUT2D eigenvalue weighted by Gasteiger charge is -2.08. The third-order valence-corrected chi connectivity index (χ3v) is 4.71. The lowest BCUT2D eigenvalue weighted by molar-refractivity contribution is -0.121. The maximum atomic E-state index is 12.1. The summed E-state index contributed by atoms with van der Waals surface area (Å²) in [6.07, 6.45) is 2.12. The lowest BCUT2D eigenvalue weighted by atomic mass is 10.2. The molecule has 0 unspecified atom stereocenters. The first-order valence-electron chi connectivity index (χ1n) is 6.57. The summed E-state index contributed by atoms with van der Waals surface area (Å²) in [5, 5.41) is 2.80. The maximum absolute atomic E-state index is 12.1. The summed E-state index contributed by atoms with van der Waals surface area (Å²) in [5.74, 6) is -0.142. The van der Waals surface area contributed by atoms with Gasteiger partial charge in [0.25, 0.3) is 0 Å². The molecule has 6 nitrogen and oxygen atoms in total. The molecule has 1 aliphatic carbocycles. The number of hydrogen-bond donors (Lipinski definition) is 3. The summed E-state index contributed by atoms with van der Waals surface area (Å²) in [6.45, 7) is 0.0538. The highest BCUT2D eigenvalue weighted by atomic mass is 32.2. The molecule has 1 aromatic rings. The molecule has 1 fully saturated rings. The fourth-order valence-corrected chi connectivity index (χ4v) is 2.93. The number of hydrogen-bond acceptors (Lipinski definition) is 4. The number of amides is 1. The predicted octanol–water partition coefficient (Wildman–Crippen LogP) is 0.268. The average Bonchev–Trinajstić information content (AvgIpc) is 3.22. The average molecular weight is 327 g/mol. The van der Waals surface area contributed by atoms with Crippen LogP contribution in [0.1, 0.15) is 24.8 Å². The fraction of sp³-hybridized carbons (Fsp3) is 0.385. The van der Waals surface area contributed by atoms with Crippen LogP contribution in [0.3, 0.4) is 0 Å². The van der Waals surface area contributed by atoms with E-state index in [-0.39, 0.29) is 34.8 Å². The normalized spacial score (nSPS) is 14.7. The molecule has 8 heteroatoms. The van der Waals surface area contributed by atoms with Crippen molar-refractivity contribution < 1.29 is 13.2 Å². The second kappa shape index (κ2) is 6.50. The molecule has 2 rings (SSSR count). The Hall–Kier alpha value is -1.51. The van der Waals surface area contributed by atoms with Crippen LogP contribution < -0.4 is 15.8 Å². The first-order valence-corrected chi connectivity index (χ1v) is 8.46. The highest BCUT2D eigenvalue weighted by Gasteiger charge is 2.23. The Labute approximate surface area is 129 Å². The second-order valence-corrected chi connectivity index (χ2v) is 7.09. The first-order chi connectivity index (χ1) is 9.88. The van der Waals surface area contributed by atoms with Crippen LogP contribution in [0, 0.1) is 0 Å². The zero-order valence-electron chi connectivity index (χ0n) is 11.3. The van der Waals surface area contributed by atoms with Gasteiger partial charge in [0.05, 0.1) is 4.90 Å². The zero-order chi connectivity index (χ0) is 15.5. The van der Waals surface area contributed by atoms with Gasteiger partial charge >= 0.3 is 0 Å². The number of carbonyl (C=O) groups excluding carboxylic acids is 1. The smallest absolute Gasteiger partial charge is 0.240 e. The number of carbonyl (C=O) groups is 1. The number of nitrogens with one attached hydrogen (secondary N) is 2. The van der Waals surface area contributed by atoms with E-state index in [0.717, 1.165) is 12.8 Å². The number of thiocarbonyl (C=S) groups is 1. The summed E-state index contributed by atoms with van der Waals surface area (Å²) >= 11 is 4.82. The van der Waals surface area contributed by atoms with Crippen LogP contribution in [0.15, 0.2) is 29.2 Å². The molecule has 21 heavy (non-hydrogen) atoms. The molecule has 0 radical (unpaired) electrons. The van der Waals surface area contributed by atoms with Gasteiger partial charge in [0.2, 0.25) is 15.9 Å². The van der Waals surface area contributed by atoms with E-state index in [2.05, 4.69) is 10.0 Å². The van der Waals surface area contributed by atoms with Gasteiger partial charge in [-0.1, -0.05) is 24.4 Å². The molecule has 0 aliphatic heterocycles. The van der Waals surface area contributed by atoms with E-state index in [4.69, 9.17) is 18.0 Å². The first kappa shape index (κ1) is 15.9. The minimum atomic E-state index is -3.67. The highest BCUT2D eigenvalue weighted by Crippen LogP contribution is 2.18. The van der Waals surface area contributed by atoms with Crippen molar-refractivity contribution in [3.63, 3.8) is 0 Å². The molecular formula is C13H17N3O3S2. The summed E-state index contributed by atoms with van der Waals surface area (Å²) in [6, 6.07) is 6.35. The Morgan fingerprint density at radius 2 is 2.10 bits per heavy atom. The minimum Gasteiger partial charge on any atom is -0.389 e. The Morgan fingerprint density at radius 3 is 2.71 bits per heavy atom. The summed E-state index contributed by atoms with van der Waals surface area (Å²) in [5.41, 5.74) is 5.97. The Kier molecular flexibility index (Phi) is 4.92. The molecule has 114 valence electrons. The van der Waals surface area contributed by atoms with Crippen LogP contribution >= 0.6 is 12.2 Å². The molecule has 4 N–H and O–H groups in total. The van der Waals surface area contributed by atoms with Crippen LogP contribution in [-0.4, -0.2) is 31.9 Å². The van der Waals surface area contributed by atoms with Crippen molar-refractivity contribution in [1.82, 2.24) is 10.0 Å². The molecule has 0 spiro atoms. The number of rotatable bonds is 7. The summed E-state index contributed by atoms with van der Waals surface area (Å²) < 4.78 is 26.6. The van der Waals surface area contributed by atoms with E-state index >= 15 is 0 Å². The molecule has 0 saturated heterocycles. The largest absolute Gasteiger partial charge is 0.389 e. The van der Waals surface area contributed by atoms with Crippen LogP contribution in [0.5, 0.6) is 0 Å². The van der Waals surface area contributed by atoms with Crippen molar-refractivity contribution in [2.45, 2.75) is 30.2 Å². The van der Waals surface area contributed by atoms with Gasteiger partial charge in [-0.25, -0.2) is 13.1 Å². The highest BCUT2D eigenvalue weighted by molar-refractivity contribution is 7.89. The third kappa shape index (κ3) is 4.76. The molecule has 0 bridgehead atoms. The SMILES string of the molecule is NC(=S)c1cccc(S(=O)(=O)NCCC(=O)NC2CC2)c1. The van der Waals surface area contributed by atoms with Gasteiger partial charge in [-0.2, -0.15) is 0 Å². The molecule has 0 aromatic heterocycles. The monoisotopic (exact) mass is 327 g/mol. The molecule has 1 saturated carbocycles. The Bertz CT molecular complexity index is 654. The molecule has 0 heterocycles. The standard InChI is InChI=1S/C13H17N3O3S2/c14-13(20)9-2-1-3-11(8-9)21(18,19)15-7-6-12(17)16-10-4-5-10/h1-3,8,10,15H,4-7H2,(H2,14,20)(H,16,17). The lowest BCUT2D eigenvalue weighted by Crippen LogP contribution is -2.31. The van der Waals surface area contributed by atoms with Crippen LogP contribution in [-0.2, 0) is 14.8 Å². The molecule has 1 amide bonds. The van der Waals surface area contributed by atoms with E-state index < -0.39 is 10.0 Å². The second-order valence-electron chi connectivity index (χ2n) is 4.88. The minimum absolute atomic E-state index is 0.0538. The number of sulfonamides is 1. The molecule has 1 aromatic carbocycles. The quantitative estimate of drug-likeness (QED) is 0.624. The van der Waals surface area contributed by atoms with Crippen molar-refractivity contribution >= 4 is 33.1 Å². The van der Waals surface area contributed by atoms with Crippen LogP contribution in [0.2, 0.25) is 0 Å². The Morgan fingerprint density at radius 1 is 1.38 bits per heavy atom. The van der Waals surface area contributed by atoms with E-state index in [1.54, 1.807) is 12.1 Å². The molecule has 0 atom stereocenters. The van der Waals surface area contributed by atoms with Crippen LogP contribution in [0.25, 0.3) is 0 Å². The maximum Gasteiger partial charge on any atom is 0.240 e. The summed E-state index contributed by atoms with van der Waals surface area (Å²) in [4.78, 5) is 11.7. The molecular weight excluding hydrogens is 310 g/mol. The van der Waals surface area contributed by atoms with Crippen molar-refractivity contribution in [2.75, 3.05) is 6.54 Å². The van der Waals surface area contributed by atoms with Crippen molar-refractivity contribution in [2.24, 2.45) is 5.73 Å². The topological polar surface area (TPSA) is 101 Å². The number of benzene rings is 1. The molecule has 1 aliphatic rings. The van der Waals surface area contributed by atoms with Crippen LogP contribution in [0.4, 0.5) is 0 Å². The van der Waals surface area contributed by atoms with Gasteiger partial charge in [-0.3, -0.25) is 4.79 Å². The van der Waals surface area contributed by atoms with Gasteiger partial charge in [0, 0.05) is 24.6 Å². The van der Waals surface area contributed by atoms with Crippen molar-refractivity contribution in [1.29, 1.82) is 0 Å². The fourth-order valence-electron chi connectivity index (χ4n) is 1.73. The van der Waals surface area contributed by atoms with Gasteiger partial charge in [0.1, 0.15) is 4.99 Å². The van der Waals surface area contributed by atoms with Gasteiger partial charge < -0.3 is 11.1 Å². The van der Waals surface area contributed by atoms with E-state index in [1.165, 1.54) is 12.1 Å². The third-order valence-electron chi connectivity index (χ3n) is 3.02. The van der Waals surface area contributed by atoms with E-state index in [0.29, 0.717) is 5.56 Å². The van der Waals surface area contributed by atoms with Gasteiger partial charge in [-0.05, 0) is 25.0 Å². The van der Waals surface area contributed by atoms with Gasteiger partial charge in [0.15, 0.2) is 0 Å². The Balaban J connectivity index is 1.92. The van der Waals surface area contributed by atoms with E-state index in [1.807, 2.05) is 0 Å². The predicted molar refractivity (Wildman–Crippen MR) is 83.3 cm³/mol. The summed E-state index contributed by atoms with van der Waals surface area (Å²) in [7, 11) is -3.67. The van der Waals surface area contributed by atoms with Crippen molar-refractivity contribution in [3.05, 3.63) is 29.8 Å².